The van der Waals surface area contributed by atoms with Gasteiger partial charge in [0.15, 0.2) is 0 Å². The molecule has 0 aliphatic heterocycles. The van der Waals surface area contributed by atoms with E-state index in [4.69, 9.17) is 15.6 Å². The minimum absolute atomic E-state index is 0.227. The number of benzene rings is 2. The highest BCUT2D eigenvalue weighted by atomic mass is 16.5. The van der Waals surface area contributed by atoms with E-state index in [9.17, 15) is 4.79 Å². The van der Waals surface area contributed by atoms with Crippen LogP contribution < -0.4 is 10.5 Å². The maximum atomic E-state index is 11.0. The highest BCUT2D eigenvalue weighted by Crippen LogP contribution is 2.16. The van der Waals surface area contributed by atoms with Crippen molar-refractivity contribution in [2.75, 3.05) is 0 Å². The first-order valence-corrected chi connectivity index (χ1v) is 5.93. The van der Waals surface area contributed by atoms with Gasteiger partial charge in [-0.1, -0.05) is 30.3 Å². The number of rotatable bonds is 5. The Hall–Kier alpha value is -2.33. The molecule has 0 atom stereocenters. The second-order valence-corrected chi connectivity index (χ2v) is 4.10. The fraction of sp³-hybridized carbons (Fsp3) is 0.133. The lowest BCUT2D eigenvalue weighted by molar-refractivity contribution is 0.0694. The van der Waals surface area contributed by atoms with Crippen molar-refractivity contribution in [2.24, 2.45) is 5.73 Å². The molecule has 0 radical (unpaired) electrons. The Bertz CT molecular complexity index is 564. The Morgan fingerprint density at radius 2 is 1.79 bits per heavy atom. The number of carboxylic acid groups (broad SMARTS) is 1. The van der Waals surface area contributed by atoms with Gasteiger partial charge in [0.05, 0.1) is 5.56 Å². The molecular weight excluding hydrogens is 242 g/mol. The number of carbonyl (C=O) groups is 1. The van der Waals surface area contributed by atoms with Crippen LogP contribution in [0.25, 0.3) is 0 Å². The highest BCUT2D eigenvalue weighted by Gasteiger charge is 2.09. The molecular formula is C15H15NO3. The van der Waals surface area contributed by atoms with Crippen LogP contribution >= 0.6 is 0 Å². The summed E-state index contributed by atoms with van der Waals surface area (Å²) in [5, 5.41) is 9.06. The van der Waals surface area contributed by atoms with Gasteiger partial charge >= 0.3 is 5.97 Å². The van der Waals surface area contributed by atoms with Crippen molar-refractivity contribution in [3.63, 3.8) is 0 Å². The molecule has 0 amide bonds. The van der Waals surface area contributed by atoms with E-state index >= 15 is 0 Å². The van der Waals surface area contributed by atoms with Crippen LogP contribution in [0.5, 0.6) is 5.75 Å². The predicted molar refractivity (Wildman–Crippen MR) is 72.1 cm³/mol. The summed E-state index contributed by atoms with van der Waals surface area (Å²) in [5.74, 6) is -0.255. The summed E-state index contributed by atoms with van der Waals surface area (Å²) >= 11 is 0. The van der Waals surface area contributed by atoms with Gasteiger partial charge in [0.25, 0.3) is 0 Å². The van der Waals surface area contributed by atoms with Gasteiger partial charge in [0.1, 0.15) is 12.4 Å². The first kappa shape index (κ1) is 13.1. The van der Waals surface area contributed by atoms with Gasteiger partial charge in [-0.3, -0.25) is 0 Å². The van der Waals surface area contributed by atoms with Crippen molar-refractivity contribution in [3.05, 3.63) is 65.2 Å². The van der Waals surface area contributed by atoms with Gasteiger partial charge in [-0.15, -0.1) is 0 Å². The van der Waals surface area contributed by atoms with Gasteiger partial charge in [-0.2, -0.15) is 0 Å². The average Bonchev–Trinajstić information content (AvgIpc) is 2.46. The Kier molecular flexibility index (Phi) is 4.15. The molecule has 2 aromatic carbocycles. The van der Waals surface area contributed by atoms with Crippen molar-refractivity contribution in [3.8, 4) is 5.75 Å². The number of nitrogens with two attached hydrogens (primary N) is 1. The van der Waals surface area contributed by atoms with Crippen molar-refractivity contribution in [2.45, 2.75) is 13.2 Å². The Labute approximate surface area is 111 Å². The Morgan fingerprint density at radius 1 is 1.11 bits per heavy atom. The van der Waals surface area contributed by atoms with E-state index in [1.54, 1.807) is 24.3 Å². The standard InChI is InChI=1S/C15H15NO3/c16-9-11-5-7-13(8-6-11)19-10-12-3-1-2-4-14(12)15(17)18/h1-8H,9-10,16H2,(H,17,18). The van der Waals surface area contributed by atoms with Crippen LogP contribution in [0, 0.1) is 0 Å². The molecule has 0 fully saturated rings. The molecule has 0 heterocycles. The molecule has 2 rings (SSSR count). The van der Waals surface area contributed by atoms with Gasteiger partial charge in [-0.25, -0.2) is 4.79 Å². The van der Waals surface area contributed by atoms with E-state index in [1.807, 2.05) is 24.3 Å². The largest absolute Gasteiger partial charge is 0.489 e. The molecule has 19 heavy (non-hydrogen) atoms. The third kappa shape index (κ3) is 3.33. The third-order valence-electron chi connectivity index (χ3n) is 2.80. The first-order valence-electron chi connectivity index (χ1n) is 5.93. The number of ether oxygens (including phenoxy) is 1. The van der Waals surface area contributed by atoms with Crippen molar-refractivity contribution >= 4 is 5.97 Å². The van der Waals surface area contributed by atoms with Gasteiger partial charge < -0.3 is 15.6 Å². The van der Waals surface area contributed by atoms with Crippen LogP contribution in [0.3, 0.4) is 0 Å². The van der Waals surface area contributed by atoms with Crippen LogP contribution in [0.1, 0.15) is 21.5 Å². The zero-order chi connectivity index (χ0) is 13.7. The molecule has 0 aliphatic rings. The van der Waals surface area contributed by atoms with Gasteiger partial charge in [0.2, 0.25) is 0 Å². The van der Waals surface area contributed by atoms with E-state index in [2.05, 4.69) is 0 Å². The van der Waals surface area contributed by atoms with Gasteiger partial charge in [-0.05, 0) is 23.8 Å². The van der Waals surface area contributed by atoms with Crippen LogP contribution in [-0.2, 0) is 13.2 Å². The summed E-state index contributed by atoms with van der Waals surface area (Å²) in [5.41, 5.74) is 7.45. The summed E-state index contributed by atoms with van der Waals surface area (Å²) in [6, 6.07) is 14.2. The third-order valence-corrected chi connectivity index (χ3v) is 2.80. The molecule has 0 spiro atoms. The highest BCUT2D eigenvalue weighted by molar-refractivity contribution is 5.89. The molecule has 98 valence electrons. The number of hydrogen-bond donors (Lipinski definition) is 2. The van der Waals surface area contributed by atoms with Crippen LogP contribution in [-0.4, -0.2) is 11.1 Å². The molecule has 0 saturated heterocycles. The SMILES string of the molecule is NCc1ccc(OCc2ccccc2C(=O)O)cc1. The van der Waals surface area contributed by atoms with Crippen molar-refractivity contribution in [1.29, 1.82) is 0 Å². The van der Waals surface area contributed by atoms with E-state index in [-0.39, 0.29) is 12.2 Å². The first-order chi connectivity index (χ1) is 9.20. The second-order valence-electron chi connectivity index (χ2n) is 4.10. The lowest BCUT2D eigenvalue weighted by atomic mass is 10.1. The smallest absolute Gasteiger partial charge is 0.336 e. The monoisotopic (exact) mass is 257 g/mol. The summed E-state index contributed by atoms with van der Waals surface area (Å²) in [4.78, 5) is 11.0. The van der Waals surface area contributed by atoms with Crippen LogP contribution in [0.2, 0.25) is 0 Å². The Morgan fingerprint density at radius 3 is 2.42 bits per heavy atom. The lowest BCUT2D eigenvalue weighted by Crippen LogP contribution is -2.05. The second kappa shape index (κ2) is 6.02. The molecule has 2 aromatic rings. The number of aromatic carboxylic acids is 1. The predicted octanol–water partition coefficient (Wildman–Crippen LogP) is 2.42. The number of hydrogen-bond acceptors (Lipinski definition) is 3. The zero-order valence-corrected chi connectivity index (χ0v) is 10.4. The van der Waals surface area contributed by atoms with E-state index in [0.29, 0.717) is 17.9 Å². The molecule has 0 saturated carbocycles. The summed E-state index contributed by atoms with van der Waals surface area (Å²) in [7, 11) is 0. The molecule has 4 nitrogen and oxygen atoms in total. The van der Waals surface area contributed by atoms with Crippen LogP contribution in [0.15, 0.2) is 48.5 Å². The quantitative estimate of drug-likeness (QED) is 0.862. The van der Waals surface area contributed by atoms with Gasteiger partial charge in [0, 0.05) is 12.1 Å². The number of carboxylic acids is 1. The Balaban J connectivity index is 2.07. The maximum Gasteiger partial charge on any atom is 0.336 e. The van der Waals surface area contributed by atoms with E-state index in [1.165, 1.54) is 0 Å². The summed E-state index contributed by atoms with van der Waals surface area (Å²) in [6.45, 7) is 0.715. The molecule has 0 bridgehead atoms. The summed E-state index contributed by atoms with van der Waals surface area (Å²) in [6.07, 6.45) is 0. The lowest BCUT2D eigenvalue weighted by Gasteiger charge is -2.09. The van der Waals surface area contributed by atoms with Crippen LogP contribution in [0.4, 0.5) is 0 Å². The molecule has 4 heteroatoms. The fourth-order valence-corrected chi connectivity index (χ4v) is 1.74. The minimum Gasteiger partial charge on any atom is -0.489 e. The average molecular weight is 257 g/mol. The molecule has 0 aliphatic carbocycles. The molecule has 3 N–H and O–H groups in total. The molecule has 0 aromatic heterocycles. The van der Waals surface area contributed by atoms with Crippen molar-refractivity contribution in [1.82, 2.24) is 0 Å². The molecule has 0 unspecified atom stereocenters. The fourth-order valence-electron chi connectivity index (χ4n) is 1.74. The van der Waals surface area contributed by atoms with E-state index in [0.717, 1.165) is 5.56 Å². The zero-order valence-electron chi connectivity index (χ0n) is 10.4. The topological polar surface area (TPSA) is 72.5 Å². The normalized spacial score (nSPS) is 10.2. The van der Waals surface area contributed by atoms with E-state index < -0.39 is 5.97 Å². The summed E-state index contributed by atoms with van der Waals surface area (Å²) < 4.78 is 5.58. The minimum atomic E-state index is -0.947. The van der Waals surface area contributed by atoms with Crippen molar-refractivity contribution < 1.29 is 14.6 Å². The maximum absolute atomic E-state index is 11.0.